The Morgan fingerprint density at radius 2 is 1.50 bits per heavy atom. The normalized spacial score (nSPS) is 25.7. The molecule has 0 saturated carbocycles. The van der Waals surface area contributed by atoms with E-state index in [1.807, 2.05) is 6.92 Å². The molecule has 1 aliphatic heterocycles. The zero-order chi connectivity index (χ0) is 15.4. The van der Waals surface area contributed by atoms with Crippen LogP contribution in [0.1, 0.15) is 61.3 Å². The predicted molar refractivity (Wildman–Crippen MR) is 85.6 cm³/mol. The summed E-state index contributed by atoms with van der Waals surface area (Å²) in [4.78, 5) is 14.8. The van der Waals surface area contributed by atoms with Crippen LogP contribution >= 0.6 is 0 Å². The van der Waals surface area contributed by atoms with Crippen LogP contribution < -0.4 is 5.32 Å². The van der Waals surface area contributed by atoms with Crippen molar-refractivity contribution in [3.63, 3.8) is 0 Å². The summed E-state index contributed by atoms with van der Waals surface area (Å²) in [6.07, 6.45) is 2.42. The van der Waals surface area contributed by atoms with E-state index in [0.29, 0.717) is 29.8 Å². The van der Waals surface area contributed by atoms with Gasteiger partial charge in [0.25, 0.3) is 0 Å². The Balaban J connectivity index is 2.53. The largest absolute Gasteiger partial charge is 0.354 e. The number of amides is 1. The van der Waals surface area contributed by atoms with Crippen molar-refractivity contribution in [2.45, 2.75) is 79.4 Å². The first-order valence-electron chi connectivity index (χ1n) is 8.30. The molecule has 1 heterocycles. The summed E-state index contributed by atoms with van der Waals surface area (Å²) in [5.41, 5.74) is 0. The van der Waals surface area contributed by atoms with Gasteiger partial charge in [0.2, 0.25) is 5.91 Å². The monoisotopic (exact) mass is 282 g/mol. The third-order valence-corrected chi connectivity index (χ3v) is 5.07. The molecule has 0 aromatic rings. The first kappa shape index (κ1) is 17.5. The lowest BCUT2D eigenvalue weighted by Crippen LogP contribution is -2.50. The van der Waals surface area contributed by atoms with Crippen LogP contribution in [0.5, 0.6) is 0 Å². The maximum absolute atomic E-state index is 12.4. The highest BCUT2D eigenvalue weighted by atomic mass is 16.2. The summed E-state index contributed by atoms with van der Waals surface area (Å²) >= 11 is 0. The van der Waals surface area contributed by atoms with Gasteiger partial charge in [-0.15, -0.1) is 0 Å². The molecule has 0 aromatic carbocycles. The van der Waals surface area contributed by atoms with Gasteiger partial charge in [0.1, 0.15) is 0 Å². The van der Waals surface area contributed by atoms with Crippen molar-refractivity contribution in [1.82, 2.24) is 10.2 Å². The van der Waals surface area contributed by atoms with Crippen molar-refractivity contribution in [3.05, 3.63) is 0 Å². The van der Waals surface area contributed by atoms with Gasteiger partial charge in [0, 0.05) is 18.6 Å². The molecule has 3 nitrogen and oxygen atoms in total. The van der Waals surface area contributed by atoms with Crippen LogP contribution in [0.25, 0.3) is 0 Å². The molecule has 3 unspecified atom stereocenters. The fourth-order valence-electron chi connectivity index (χ4n) is 3.72. The second kappa shape index (κ2) is 7.44. The summed E-state index contributed by atoms with van der Waals surface area (Å²) < 4.78 is 0. The second-order valence-electron chi connectivity index (χ2n) is 7.30. The van der Waals surface area contributed by atoms with E-state index in [-0.39, 0.29) is 11.9 Å². The van der Waals surface area contributed by atoms with Crippen LogP contribution in [0.3, 0.4) is 0 Å². The number of nitrogens with one attached hydrogen (secondary N) is 1. The third kappa shape index (κ3) is 4.21. The van der Waals surface area contributed by atoms with E-state index in [2.05, 4.69) is 51.8 Å². The number of hydrogen-bond acceptors (Lipinski definition) is 2. The highest BCUT2D eigenvalue weighted by Gasteiger charge is 2.34. The summed E-state index contributed by atoms with van der Waals surface area (Å²) in [5, 5.41) is 3.18. The van der Waals surface area contributed by atoms with Crippen LogP contribution in [0.2, 0.25) is 0 Å². The lowest BCUT2D eigenvalue weighted by molar-refractivity contribution is -0.127. The Morgan fingerprint density at radius 3 is 1.90 bits per heavy atom. The van der Waals surface area contributed by atoms with Crippen molar-refractivity contribution in [2.75, 3.05) is 6.54 Å². The molecular formula is C17H34N2O. The van der Waals surface area contributed by atoms with Gasteiger partial charge in [-0.25, -0.2) is 0 Å². The Kier molecular flexibility index (Phi) is 6.50. The van der Waals surface area contributed by atoms with Gasteiger partial charge in [-0.1, -0.05) is 27.7 Å². The topological polar surface area (TPSA) is 32.3 Å². The molecule has 3 atom stereocenters. The lowest BCUT2D eigenvalue weighted by atomic mass is 9.85. The summed E-state index contributed by atoms with van der Waals surface area (Å²) in [5.74, 6) is 1.96. The average molecular weight is 282 g/mol. The lowest BCUT2D eigenvalue weighted by Gasteiger charge is -2.32. The second-order valence-corrected chi connectivity index (χ2v) is 7.30. The van der Waals surface area contributed by atoms with E-state index in [1.165, 1.54) is 12.8 Å². The van der Waals surface area contributed by atoms with E-state index in [0.717, 1.165) is 6.54 Å². The van der Waals surface area contributed by atoms with Gasteiger partial charge in [0.15, 0.2) is 0 Å². The summed E-state index contributed by atoms with van der Waals surface area (Å²) in [6.45, 7) is 16.3. The highest BCUT2D eigenvalue weighted by Crippen LogP contribution is 2.26. The third-order valence-electron chi connectivity index (χ3n) is 5.07. The molecule has 1 rings (SSSR count). The van der Waals surface area contributed by atoms with Crippen LogP contribution in [0.4, 0.5) is 0 Å². The van der Waals surface area contributed by atoms with Crippen LogP contribution in [0.15, 0.2) is 0 Å². The van der Waals surface area contributed by atoms with Crippen molar-refractivity contribution in [3.8, 4) is 0 Å². The first-order valence-corrected chi connectivity index (χ1v) is 8.30. The number of carbonyl (C=O) groups excluding carboxylic acids is 1. The Morgan fingerprint density at radius 1 is 1.05 bits per heavy atom. The van der Waals surface area contributed by atoms with E-state index < -0.39 is 0 Å². The van der Waals surface area contributed by atoms with Gasteiger partial charge < -0.3 is 5.32 Å². The molecule has 118 valence electrons. The maximum Gasteiger partial charge on any atom is 0.237 e. The number of rotatable bonds is 6. The van der Waals surface area contributed by atoms with Crippen molar-refractivity contribution in [2.24, 2.45) is 17.8 Å². The molecule has 1 N–H and O–H groups in total. The summed E-state index contributed by atoms with van der Waals surface area (Å²) in [6, 6.07) is 1.04. The van der Waals surface area contributed by atoms with E-state index in [4.69, 9.17) is 0 Å². The van der Waals surface area contributed by atoms with E-state index in [9.17, 15) is 4.79 Å². The smallest absolute Gasteiger partial charge is 0.237 e. The number of hydrogen-bond donors (Lipinski definition) is 1. The molecule has 0 spiro atoms. The minimum atomic E-state index is -0.0116. The number of nitrogens with zero attached hydrogens (tertiary/aromatic N) is 1. The Bertz CT molecular complexity index is 296. The molecule has 1 aliphatic rings. The molecule has 0 aromatic heterocycles. The van der Waals surface area contributed by atoms with Gasteiger partial charge in [-0.2, -0.15) is 0 Å². The van der Waals surface area contributed by atoms with Gasteiger partial charge in [-0.05, 0) is 51.4 Å². The van der Waals surface area contributed by atoms with Gasteiger partial charge in [0.05, 0.1) is 6.04 Å². The fourth-order valence-corrected chi connectivity index (χ4v) is 3.72. The number of likely N-dealkylation sites (tertiary alicyclic amines) is 1. The van der Waals surface area contributed by atoms with Gasteiger partial charge in [-0.3, -0.25) is 9.69 Å². The molecule has 1 fully saturated rings. The fraction of sp³-hybridized carbons (Fsp3) is 0.941. The molecule has 1 amide bonds. The van der Waals surface area contributed by atoms with Crippen molar-refractivity contribution in [1.29, 1.82) is 0 Å². The van der Waals surface area contributed by atoms with Crippen LogP contribution in [-0.2, 0) is 4.79 Å². The SMILES string of the molecule is CC(C)C(CNC(=O)C(C)N1C(C)CCC1C)C(C)C. The highest BCUT2D eigenvalue weighted by molar-refractivity contribution is 5.81. The van der Waals surface area contributed by atoms with Crippen molar-refractivity contribution >= 4 is 5.91 Å². The molecule has 0 radical (unpaired) electrons. The standard InChI is InChI=1S/C17H34N2O/c1-11(2)16(12(3)4)10-18-17(20)15(7)19-13(5)8-9-14(19)6/h11-16H,8-10H2,1-7H3,(H,18,20). The average Bonchev–Trinajstić information content (AvgIpc) is 2.67. The van der Waals surface area contributed by atoms with E-state index >= 15 is 0 Å². The Labute approximate surface area is 125 Å². The van der Waals surface area contributed by atoms with Crippen LogP contribution in [-0.4, -0.2) is 35.5 Å². The van der Waals surface area contributed by atoms with Crippen molar-refractivity contribution < 1.29 is 4.79 Å². The summed E-state index contributed by atoms with van der Waals surface area (Å²) in [7, 11) is 0. The zero-order valence-corrected chi connectivity index (χ0v) is 14.4. The number of carbonyl (C=O) groups is 1. The van der Waals surface area contributed by atoms with Gasteiger partial charge >= 0.3 is 0 Å². The zero-order valence-electron chi connectivity index (χ0n) is 14.4. The minimum absolute atomic E-state index is 0.0116. The van der Waals surface area contributed by atoms with Crippen LogP contribution in [0, 0.1) is 17.8 Å². The van der Waals surface area contributed by atoms with E-state index in [1.54, 1.807) is 0 Å². The Hall–Kier alpha value is -0.570. The molecule has 20 heavy (non-hydrogen) atoms. The minimum Gasteiger partial charge on any atom is -0.354 e. The molecule has 0 aliphatic carbocycles. The molecule has 1 saturated heterocycles. The quantitative estimate of drug-likeness (QED) is 0.811. The molecule has 0 bridgehead atoms. The molecule has 3 heteroatoms. The maximum atomic E-state index is 12.4. The predicted octanol–water partition coefficient (Wildman–Crippen LogP) is 3.29. The molecular weight excluding hydrogens is 248 g/mol. The first-order chi connectivity index (χ1) is 9.25.